The maximum Gasteiger partial charge on any atom is 0.0686 e. The molecule has 1 nitrogen and oxygen atoms in total. The van der Waals surface area contributed by atoms with Gasteiger partial charge in [0.2, 0.25) is 0 Å². The van der Waals surface area contributed by atoms with Crippen LogP contribution in [-0.4, -0.2) is 32.7 Å². The average molecular weight is 496 g/mol. The van der Waals surface area contributed by atoms with E-state index in [1.165, 1.54) is 11.1 Å². The Kier molecular flexibility index (Phi) is 11.5. The van der Waals surface area contributed by atoms with Crippen LogP contribution in [0, 0.1) is 0 Å². The van der Waals surface area contributed by atoms with E-state index in [2.05, 4.69) is 134 Å². The smallest absolute Gasteiger partial charge is 0.0686 e. The standard InChI is InChI=1S/C10H22Si2.C9H7.C4H10N.2CH3.H4Si.Ti/c1-11(2,3)9-7-8-10-12(4,5)6;1-2-5-9-7-3-6-8(9)4-1;1-4(2,3)5;;;;/h7-10H,1-6H3;1-7H;5H,1-3H3;2*1H3;1H4;/q;;-1;;;;+1. The molecule has 30 heavy (non-hydrogen) atoms. The first-order valence-electron chi connectivity index (χ1n) is 10.9. The molecule has 0 saturated carbocycles. The zero-order valence-corrected chi connectivity index (χ0v) is 24.4. The van der Waals surface area contributed by atoms with Gasteiger partial charge in [-0.2, -0.15) is 0 Å². The first-order valence-corrected chi connectivity index (χ1v) is 22.9. The summed E-state index contributed by atoms with van der Waals surface area (Å²) in [7, 11) is -1.94. The molecule has 1 unspecified atom stereocenters. The SMILES string of the molecule is CC(C)(C)[NH][Ti]([CH3])([CH3])[CH]1C=Cc2ccccc21.C[Si](C)(C)C=CC=C[Si](C)(C)C.[SiH4]. The van der Waals surface area contributed by atoms with Crippen LogP contribution in [-0.2, 0) is 16.8 Å². The van der Waals surface area contributed by atoms with Gasteiger partial charge in [-0.05, 0) is 11.0 Å². The molecule has 1 atom stereocenters. The van der Waals surface area contributed by atoms with Gasteiger partial charge in [0, 0.05) is 0 Å². The minimum absolute atomic E-state index is 0. The molecule has 2 rings (SSSR count). The van der Waals surface area contributed by atoms with E-state index in [4.69, 9.17) is 0 Å². The summed E-state index contributed by atoms with van der Waals surface area (Å²) in [6.45, 7) is 20.9. The van der Waals surface area contributed by atoms with E-state index >= 15 is 0 Å². The molecule has 0 spiro atoms. The van der Waals surface area contributed by atoms with Gasteiger partial charge in [-0.1, -0.05) is 62.8 Å². The number of benzene rings is 1. The topological polar surface area (TPSA) is 12.0 Å². The van der Waals surface area contributed by atoms with E-state index in [9.17, 15) is 0 Å². The van der Waals surface area contributed by atoms with Crippen LogP contribution in [0.2, 0.25) is 49.7 Å². The fraction of sp³-hybridized carbons (Fsp3) is 0.520. The van der Waals surface area contributed by atoms with Gasteiger partial charge in [-0.15, -0.1) is 0 Å². The summed E-state index contributed by atoms with van der Waals surface area (Å²) in [5.41, 5.74) is 7.91. The third-order valence-electron chi connectivity index (χ3n) is 4.58. The maximum atomic E-state index is 3.91. The van der Waals surface area contributed by atoms with E-state index in [0.29, 0.717) is 4.22 Å². The van der Waals surface area contributed by atoms with Crippen LogP contribution in [0.4, 0.5) is 0 Å². The molecule has 0 aromatic heterocycles. The van der Waals surface area contributed by atoms with Crippen LogP contribution in [0.5, 0.6) is 0 Å². The fourth-order valence-electron chi connectivity index (χ4n) is 3.61. The molecule has 1 aromatic carbocycles. The minimum Gasteiger partial charge on any atom is -0.0950 e. The fourth-order valence-corrected chi connectivity index (χ4v) is 10.8. The molecular weight excluding hydrogens is 446 g/mol. The molecular formula is C25H49NSi3Ti. The molecule has 0 heterocycles. The van der Waals surface area contributed by atoms with Crippen molar-refractivity contribution in [2.24, 2.45) is 0 Å². The Morgan fingerprint density at radius 3 is 1.77 bits per heavy atom. The van der Waals surface area contributed by atoms with E-state index in [-0.39, 0.29) is 16.5 Å². The molecule has 1 aromatic rings. The summed E-state index contributed by atoms with van der Waals surface area (Å²) < 4.78 is 4.56. The molecule has 0 bridgehead atoms. The third-order valence-corrected chi connectivity index (χ3v) is 12.4. The molecule has 1 aliphatic rings. The number of fused-ring (bicyclic) bond motifs is 1. The van der Waals surface area contributed by atoms with Crippen LogP contribution in [0.15, 0.2) is 53.9 Å². The van der Waals surface area contributed by atoms with E-state index in [1.807, 2.05) is 0 Å². The van der Waals surface area contributed by atoms with E-state index in [0.717, 1.165) is 0 Å². The number of rotatable bonds is 5. The number of hydrogen-bond acceptors (Lipinski definition) is 1. The van der Waals surface area contributed by atoms with Crippen molar-refractivity contribution in [2.75, 3.05) is 0 Å². The molecule has 170 valence electrons. The molecule has 0 amide bonds. The molecule has 5 heteroatoms. The van der Waals surface area contributed by atoms with Gasteiger partial charge < -0.3 is 0 Å². The van der Waals surface area contributed by atoms with Crippen molar-refractivity contribution in [3.05, 3.63) is 65.0 Å². The third kappa shape index (κ3) is 12.0. The quantitative estimate of drug-likeness (QED) is 0.354. The summed E-state index contributed by atoms with van der Waals surface area (Å²) in [6, 6.07) is 8.80. The first kappa shape index (κ1) is 29.8. The molecule has 0 aliphatic heterocycles. The van der Waals surface area contributed by atoms with Gasteiger partial charge in [0.15, 0.2) is 0 Å². The van der Waals surface area contributed by atoms with E-state index < -0.39 is 33.0 Å². The molecule has 0 saturated heterocycles. The second-order valence-corrected chi connectivity index (χ2v) is 28.9. The van der Waals surface area contributed by atoms with Crippen molar-refractivity contribution in [3.8, 4) is 0 Å². The Labute approximate surface area is 198 Å². The molecule has 0 radical (unpaired) electrons. The zero-order chi connectivity index (χ0) is 22.5. The van der Waals surface area contributed by atoms with Crippen LogP contribution in [0.1, 0.15) is 36.1 Å². The van der Waals surface area contributed by atoms with Crippen molar-refractivity contribution in [3.63, 3.8) is 0 Å². The Balaban J connectivity index is 0.000000579. The summed E-state index contributed by atoms with van der Waals surface area (Å²) in [4.78, 5) is 0. The summed E-state index contributed by atoms with van der Waals surface area (Å²) in [5.74, 6) is 0. The van der Waals surface area contributed by atoms with Crippen molar-refractivity contribution < 1.29 is 16.8 Å². The Morgan fingerprint density at radius 1 is 0.867 bits per heavy atom. The summed E-state index contributed by atoms with van der Waals surface area (Å²) in [5, 5.41) is 4.95. The normalized spacial score (nSPS) is 17.0. The minimum atomic E-state index is -2.04. The van der Waals surface area contributed by atoms with Crippen LogP contribution < -0.4 is 3.80 Å². The summed E-state index contributed by atoms with van der Waals surface area (Å²) >= 11 is -2.04. The second kappa shape index (κ2) is 11.6. The largest absolute Gasteiger partial charge is 0.0950 e. The number of allylic oxidation sites excluding steroid dienone is 3. The van der Waals surface area contributed by atoms with Gasteiger partial charge in [0.05, 0.1) is 16.1 Å². The predicted molar refractivity (Wildman–Crippen MR) is 149 cm³/mol. The van der Waals surface area contributed by atoms with Crippen molar-refractivity contribution >= 4 is 33.2 Å². The zero-order valence-electron chi connectivity index (χ0n) is 20.9. The van der Waals surface area contributed by atoms with Gasteiger partial charge >= 0.3 is 109 Å². The maximum absolute atomic E-state index is 3.91. The van der Waals surface area contributed by atoms with Gasteiger partial charge in [0.1, 0.15) is 0 Å². The Morgan fingerprint density at radius 2 is 1.33 bits per heavy atom. The number of hydrogen-bond donors (Lipinski definition) is 1. The summed E-state index contributed by atoms with van der Waals surface area (Å²) in [6.07, 6.45) is 9.15. The Hall–Kier alpha value is -0.235. The monoisotopic (exact) mass is 495 g/mol. The predicted octanol–water partition coefficient (Wildman–Crippen LogP) is 6.71. The Bertz CT molecular complexity index is 723. The van der Waals surface area contributed by atoms with Gasteiger partial charge in [-0.3, -0.25) is 0 Å². The van der Waals surface area contributed by atoms with Gasteiger partial charge in [-0.25, -0.2) is 0 Å². The average Bonchev–Trinajstić information content (AvgIpc) is 2.93. The van der Waals surface area contributed by atoms with Crippen molar-refractivity contribution in [1.82, 2.24) is 3.80 Å². The molecule has 0 fully saturated rings. The molecule has 1 N–H and O–H groups in total. The molecule has 1 aliphatic carbocycles. The van der Waals surface area contributed by atoms with Crippen molar-refractivity contribution in [1.29, 1.82) is 0 Å². The van der Waals surface area contributed by atoms with Crippen LogP contribution in [0.3, 0.4) is 0 Å². The first-order chi connectivity index (χ1) is 13.0. The van der Waals surface area contributed by atoms with Gasteiger partial charge in [0.25, 0.3) is 0 Å². The van der Waals surface area contributed by atoms with Crippen molar-refractivity contribution in [2.45, 2.75) is 80.3 Å². The number of nitrogens with one attached hydrogen (secondary N) is 1. The van der Waals surface area contributed by atoms with Crippen LogP contribution >= 0.6 is 0 Å². The second-order valence-electron chi connectivity index (χ2n) is 12.0. The van der Waals surface area contributed by atoms with E-state index in [1.54, 1.807) is 0 Å². The van der Waals surface area contributed by atoms with Crippen LogP contribution in [0.25, 0.3) is 6.08 Å².